The fourth-order valence-electron chi connectivity index (χ4n) is 4.49. The normalized spacial score (nSPS) is 11.4. The molecular formula is C26H19Cl2N9O2. The third-order valence-corrected chi connectivity index (χ3v) is 6.85. The van der Waals surface area contributed by atoms with Gasteiger partial charge in [-0.15, -0.1) is 0 Å². The lowest BCUT2D eigenvalue weighted by molar-refractivity contribution is 0.100. The van der Waals surface area contributed by atoms with Crippen molar-refractivity contribution in [1.29, 1.82) is 0 Å². The average Bonchev–Trinajstić information content (AvgIpc) is 3.63. The van der Waals surface area contributed by atoms with E-state index in [1.54, 1.807) is 54.3 Å². The average molecular weight is 560 g/mol. The van der Waals surface area contributed by atoms with Gasteiger partial charge in [0.2, 0.25) is 0 Å². The highest BCUT2D eigenvalue weighted by Crippen LogP contribution is 2.30. The molecule has 0 aliphatic carbocycles. The second-order valence-electron chi connectivity index (χ2n) is 8.84. The summed E-state index contributed by atoms with van der Waals surface area (Å²) in [6.07, 6.45) is 4.94. The van der Waals surface area contributed by atoms with Crippen LogP contribution in [0.4, 0.5) is 5.69 Å². The largest absolute Gasteiger partial charge is 0.365 e. The maximum atomic E-state index is 13.7. The van der Waals surface area contributed by atoms with Crippen LogP contribution in [0.5, 0.6) is 0 Å². The summed E-state index contributed by atoms with van der Waals surface area (Å²) in [5, 5.41) is 21.2. The minimum Gasteiger partial charge on any atom is -0.365 e. The highest BCUT2D eigenvalue weighted by Gasteiger charge is 2.24. The van der Waals surface area contributed by atoms with Gasteiger partial charge in [-0.25, -0.2) is 9.67 Å². The molecular weight excluding hydrogens is 541 g/mol. The first kappa shape index (κ1) is 24.6. The zero-order valence-electron chi connectivity index (χ0n) is 20.3. The first-order valence-corrected chi connectivity index (χ1v) is 12.4. The van der Waals surface area contributed by atoms with Crippen molar-refractivity contribution in [2.75, 3.05) is 5.32 Å². The number of H-pyrrole nitrogens is 1. The van der Waals surface area contributed by atoms with Gasteiger partial charge in [0.1, 0.15) is 5.69 Å². The topological polar surface area (TPSA) is 149 Å². The Labute approximate surface area is 230 Å². The fourth-order valence-corrected chi connectivity index (χ4v) is 4.91. The van der Waals surface area contributed by atoms with E-state index < -0.39 is 11.8 Å². The van der Waals surface area contributed by atoms with Crippen LogP contribution >= 0.6 is 23.2 Å². The number of carbonyl (C=O) groups excluding carboxylic acids is 2. The number of nitrogens with two attached hydrogens (primary N) is 1. The number of aryl methyl sites for hydroxylation is 1. The van der Waals surface area contributed by atoms with E-state index >= 15 is 0 Å². The Balaban J connectivity index is 1.43. The number of hydrogen-bond acceptors (Lipinski definition) is 6. The van der Waals surface area contributed by atoms with E-state index in [9.17, 15) is 9.59 Å². The Morgan fingerprint density at radius 3 is 2.69 bits per heavy atom. The Morgan fingerprint density at radius 2 is 1.92 bits per heavy atom. The van der Waals surface area contributed by atoms with E-state index in [0.29, 0.717) is 32.2 Å². The predicted octanol–water partition coefficient (Wildman–Crippen LogP) is 4.51. The van der Waals surface area contributed by atoms with Crippen molar-refractivity contribution >= 4 is 62.5 Å². The molecule has 4 N–H and O–H groups in total. The molecule has 39 heavy (non-hydrogen) atoms. The van der Waals surface area contributed by atoms with Crippen molar-refractivity contribution in [2.45, 2.75) is 13.5 Å². The lowest BCUT2D eigenvalue weighted by Crippen LogP contribution is -2.22. The molecule has 0 spiro atoms. The fraction of sp³-hybridized carbons (Fsp3) is 0.0769. The first-order chi connectivity index (χ1) is 18.8. The number of pyridine rings is 1. The SMILES string of the molecule is Cc1cc2cn[nH]c2c(C(N)=O)c1NC(=O)c1cc(Cn2cc3c(Cl)cccc3n2)nn1-c1ncccc1Cl. The number of halogens is 2. The molecule has 11 nitrogen and oxygen atoms in total. The van der Waals surface area contributed by atoms with E-state index in [0.717, 1.165) is 10.9 Å². The summed E-state index contributed by atoms with van der Waals surface area (Å²) in [5.41, 5.74) is 8.53. The Kier molecular flexibility index (Phi) is 6.01. The number of fused-ring (bicyclic) bond motifs is 2. The van der Waals surface area contributed by atoms with Gasteiger partial charge in [0, 0.05) is 23.2 Å². The van der Waals surface area contributed by atoms with Gasteiger partial charge in [-0.05, 0) is 48.9 Å². The van der Waals surface area contributed by atoms with Crippen molar-refractivity contribution in [1.82, 2.24) is 34.7 Å². The van der Waals surface area contributed by atoms with E-state index in [1.165, 1.54) is 4.68 Å². The summed E-state index contributed by atoms with van der Waals surface area (Å²) in [5.74, 6) is -0.997. The second kappa shape index (κ2) is 9.53. The molecule has 6 rings (SSSR count). The molecule has 0 aliphatic rings. The van der Waals surface area contributed by atoms with Crippen molar-refractivity contribution in [3.63, 3.8) is 0 Å². The predicted molar refractivity (Wildman–Crippen MR) is 148 cm³/mol. The summed E-state index contributed by atoms with van der Waals surface area (Å²) in [6.45, 7) is 2.01. The molecule has 0 saturated heterocycles. The number of carbonyl (C=O) groups is 2. The second-order valence-corrected chi connectivity index (χ2v) is 9.65. The molecule has 13 heteroatoms. The summed E-state index contributed by atoms with van der Waals surface area (Å²) in [6, 6.07) is 12.2. The van der Waals surface area contributed by atoms with E-state index in [2.05, 4.69) is 30.7 Å². The number of hydrogen-bond donors (Lipinski definition) is 3. The molecule has 0 radical (unpaired) electrons. The van der Waals surface area contributed by atoms with Crippen LogP contribution in [0.15, 0.2) is 61.1 Å². The summed E-state index contributed by atoms with van der Waals surface area (Å²) in [7, 11) is 0. The van der Waals surface area contributed by atoms with Crippen LogP contribution < -0.4 is 11.1 Å². The molecule has 0 unspecified atom stereocenters. The van der Waals surface area contributed by atoms with Gasteiger partial charge >= 0.3 is 0 Å². The maximum absolute atomic E-state index is 13.7. The maximum Gasteiger partial charge on any atom is 0.274 e. The molecule has 2 amide bonds. The molecule has 194 valence electrons. The number of anilines is 1. The lowest BCUT2D eigenvalue weighted by Gasteiger charge is -2.14. The Bertz CT molecular complexity index is 1920. The van der Waals surface area contributed by atoms with E-state index in [-0.39, 0.29) is 29.3 Å². The molecule has 0 aliphatic heterocycles. The quantitative estimate of drug-likeness (QED) is 0.273. The molecule has 4 heterocycles. The number of amides is 2. The summed E-state index contributed by atoms with van der Waals surface area (Å²) in [4.78, 5) is 30.4. The van der Waals surface area contributed by atoms with E-state index in [1.807, 2.05) is 18.3 Å². The number of primary amides is 1. The number of nitrogens with zero attached hydrogens (tertiary/aromatic N) is 6. The van der Waals surface area contributed by atoms with Gasteiger partial charge in [-0.1, -0.05) is 29.3 Å². The van der Waals surface area contributed by atoms with Crippen molar-refractivity contribution in [3.8, 4) is 5.82 Å². The van der Waals surface area contributed by atoms with Crippen LogP contribution in [0.1, 0.15) is 32.1 Å². The highest BCUT2D eigenvalue weighted by atomic mass is 35.5. The number of aromatic amines is 1. The van der Waals surface area contributed by atoms with Gasteiger partial charge in [-0.2, -0.15) is 15.3 Å². The summed E-state index contributed by atoms with van der Waals surface area (Å²) >= 11 is 12.7. The first-order valence-electron chi connectivity index (χ1n) is 11.7. The Hall–Kier alpha value is -4.74. The van der Waals surface area contributed by atoms with Crippen molar-refractivity contribution in [2.24, 2.45) is 5.73 Å². The van der Waals surface area contributed by atoms with Crippen LogP contribution in [0.3, 0.4) is 0 Å². The van der Waals surface area contributed by atoms with Crippen LogP contribution in [0.2, 0.25) is 10.0 Å². The van der Waals surface area contributed by atoms with Crippen LogP contribution in [-0.2, 0) is 6.54 Å². The molecule has 0 bridgehead atoms. The third-order valence-electron chi connectivity index (χ3n) is 6.22. The smallest absolute Gasteiger partial charge is 0.274 e. The summed E-state index contributed by atoms with van der Waals surface area (Å²) < 4.78 is 3.05. The van der Waals surface area contributed by atoms with Gasteiger partial charge in [-0.3, -0.25) is 19.4 Å². The minimum atomic E-state index is -0.713. The highest BCUT2D eigenvalue weighted by molar-refractivity contribution is 6.35. The van der Waals surface area contributed by atoms with E-state index in [4.69, 9.17) is 28.9 Å². The van der Waals surface area contributed by atoms with Crippen LogP contribution in [0.25, 0.3) is 27.6 Å². The van der Waals surface area contributed by atoms with Crippen LogP contribution in [0, 0.1) is 6.92 Å². The van der Waals surface area contributed by atoms with Crippen molar-refractivity contribution in [3.05, 3.63) is 93.6 Å². The number of rotatable bonds is 6. The van der Waals surface area contributed by atoms with Gasteiger partial charge in [0.05, 0.1) is 50.8 Å². The number of benzene rings is 2. The molecule has 4 aromatic heterocycles. The zero-order chi connectivity index (χ0) is 27.3. The van der Waals surface area contributed by atoms with Crippen LogP contribution in [-0.4, -0.2) is 46.6 Å². The van der Waals surface area contributed by atoms with Crippen molar-refractivity contribution < 1.29 is 9.59 Å². The number of aromatic nitrogens is 7. The zero-order valence-corrected chi connectivity index (χ0v) is 21.8. The monoisotopic (exact) mass is 559 g/mol. The third kappa shape index (κ3) is 4.37. The Morgan fingerprint density at radius 1 is 1.10 bits per heavy atom. The standard InChI is InChI=1S/C26H19Cl2N9O2/c1-13-8-14-10-31-33-23(14)21(24(29)38)22(13)32-26(39)20-9-15(34-37(20)25-18(28)5-3-7-30-25)11-36-12-16-17(27)4-2-6-19(16)35-36/h2-10,12H,11H2,1H3,(H2,29,38)(H,31,33)(H,32,39). The molecule has 0 fully saturated rings. The lowest BCUT2D eigenvalue weighted by atomic mass is 10.0. The molecule has 0 atom stereocenters. The molecule has 0 saturated carbocycles. The van der Waals surface area contributed by atoms with Gasteiger partial charge in [0.25, 0.3) is 11.8 Å². The molecule has 2 aromatic carbocycles. The minimum absolute atomic E-state index is 0.123. The number of nitrogens with one attached hydrogen (secondary N) is 2. The van der Waals surface area contributed by atoms with Gasteiger partial charge < -0.3 is 11.1 Å². The van der Waals surface area contributed by atoms with Gasteiger partial charge in [0.15, 0.2) is 5.82 Å². The molecule has 6 aromatic rings.